The molecule has 0 N–H and O–H groups in total. The average Bonchev–Trinajstić information content (AvgIpc) is 2.54. The second-order valence-electron chi connectivity index (χ2n) is 4.24. The topological polar surface area (TPSA) is 33.0 Å². The van der Waals surface area contributed by atoms with Gasteiger partial charge in [-0.3, -0.25) is 0 Å². The van der Waals surface area contributed by atoms with Crippen molar-refractivity contribution in [3.05, 3.63) is 0 Å². The van der Waals surface area contributed by atoms with E-state index < -0.39 is 11.5 Å². The van der Waals surface area contributed by atoms with E-state index in [9.17, 15) is 8.78 Å². The molecule has 1 aliphatic heterocycles. The zero-order chi connectivity index (χ0) is 10.2. The van der Waals surface area contributed by atoms with E-state index in [0.29, 0.717) is 25.9 Å². The predicted molar refractivity (Wildman–Crippen MR) is 45.8 cm³/mol. The molecule has 1 heterocycles. The first-order valence-electron chi connectivity index (χ1n) is 4.99. The Morgan fingerprint density at radius 1 is 1.21 bits per heavy atom. The SMILES string of the molecule is N#CC1CCOC12CCC(F)(F)CC2. The van der Waals surface area contributed by atoms with E-state index in [1.54, 1.807) is 0 Å². The van der Waals surface area contributed by atoms with Crippen molar-refractivity contribution in [2.45, 2.75) is 43.6 Å². The summed E-state index contributed by atoms with van der Waals surface area (Å²) in [5, 5.41) is 8.90. The number of rotatable bonds is 0. The second kappa shape index (κ2) is 3.16. The van der Waals surface area contributed by atoms with Gasteiger partial charge in [0.1, 0.15) is 0 Å². The smallest absolute Gasteiger partial charge is 0.248 e. The lowest BCUT2D eigenvalue weighted by Gasteiger charge is -2.38. The molecule has 1 unspecified atom stereocenters. The minimum absolute atomic E-state index is 0.134. The first-order chi connectivity index (χ1) is 6.58. The number of hydrogen-bond donors (Lipinski definition) is 0. The fourth-order valence-electron chi connectivity index (χ4n) is 2.46. The monoisotopic (exact) mass is 201 g/mol. The van der Waals surface area contributed by atoms with E-state index in [0.717, 1.165) is 0 Å². The lowest BCUT2D eigenvalue weighted by Crippen LogP contribution is -2.42. The molecule has 1 spiro atoms. The third kappa shape index (κ3) is 1.50. The summed E-state index contributed by atoms with van der Waals surface area (Å²) >= 11 is 0. The number of hydrogen-bond acceptors (Lipinski definition) is 2. The van der Waals surface area contributed by atoms with Gasteiger partial charge in [0.25, 0.3) is 0 Å². The van der Waals surface area contributed by atoms with Gasteiger partial charge in [-0.2, -0.15) is 5.26 Å². The molecule has 1 saturated carbocycles. The standard InChI is InChI=1S/C10H13F2NO/c11-10(12)4-2-9(3-5-10)8(7-13)1-6-14-9/h8H,1-6H2. The normalized spacial score (nSPS) is 34.2. The van der Waals surface area contributed by atoms with Crippen LogP contribution in [0.25, 0.3) is 0 Å². The fraction of sp³-hybridized carbons (Fsp3) is 0.900. The molecule has 4 heteroatoms. The Labute approximate surface area is 81.8 Å². The maximum atomic E-state index is 12.9. The quantitative estimate of drug-likeness (QED) is 0.603. The highest BCUT2D eigenvalue weighted by Gasteiger charge is 2.51. The van der Waals surface area contributed by atoms with Crippen LogP contribution >= 0.6 is 0 Å². The number of nitriles is 1. The van der Waals surface area contributed by atoms with Crippen molar-refractivity contribution < 1.29 is 13.5 Å². The van der Waals surface area contributed by atoms with Crippen LogP contribution in [0.15, 0.2) is 0 Å². The summed E-state index contributed by atoms with van der Waals surface area (Å²) in [6, 6.07) is 2.18. The van der Waals surface area contributed by atoms with Gasteiger partial charge in [0.05, 0.1) is 17.6 Å². The molecular weight excluding hydrogens is 188 g/mol. The molecule has 1 aliphatic carbocycles. The first kappa shape index (κ1) is 9.85. The summed E-state index contributed by atoms with van der Waals surface area (Å²) in [4.78, 5) is 0. The maximum absolute atomic E-state index is 12.9. The molecular formula is C10H13F2NO. The van der Waals surface area contributed by atoms with E-state index in [4.69, 9.17) is 10.00 Å². The zero-order valence-corrected chi connectivity index (χ0v) is 7.93. The molecule has 1 saturated heterocycles. The first-order valence-corrected chi connectivity index (χ1v) is 4.99. The van der Waals surface area contributed by atoms with Crippen molar-refractivity contribution in [3.63, 3.8) is 0 Å². The Bertz CT molecular complexity index is 262. The van der Waals surface area contributed by atoms with Gasteiger partial charge in [0.2, 0.25) is 5.92 Å². The summed E-state index contributed by atoms with van der Waals surface area (Å²) in [5.41, 5.74) is -0.545. The number of ether oxygens (including phenoxy) is 1. The molecule has 2 rings (SSSR count). The molecule has 0 aromatic heterocycles. The third-order valence-corrected chi connectivity index (χ3v) is 3.41. The van der Waals surface area contributed by atoms with E-state index in [-0.39, 0.29) is 18.8 Å². The lowest BCUT2D eigenvalue weighted by molar-refractivity contribution is -0.118. The van der Waals surface area contributed by atoms with Gasteiger partial charge in [0.15, 0.2) is 0 Å². The van der Waals surface area contributed by atoms with Crippen LogP contribution < -0.4 is 0 Å². The number of nitrogens with zero attached hydrogens (tertiary/aromatic N) is 1. The van der Waals surface area contributed by atoms with Gasteiger partial charge in [-0.1, -0.05) is 0 Å². The van der Waals surface area contributed by atoms with Crippen molar-refractivity contribution in [1.29, 1.82) is 5.26 Å². The van der Waals surface area contributed by atoms with Crippen LogP contribution in [-0.4, -0.2) is 18.1 Å². The largest absolute Gasteiger partial charge is 0.374 e. The molecule has 0 bridgehead atoms. The highest BCUT2D eigenvalue weighted by atomic mass is 19.3. The Hall–Kier alpha value is -0.690. The molecule has 14 heavy (non-hydrogen) atoms. The summed E-state index contributed by atoms with van der Waals surface area (Å²) in [7, 11) is 0. The van der Waals surface area contributed by atoms with Gasteiger partial charge in [0, 0.05) is 19.4 Å². The van der Waals surface area contributed by atoms with E-state index in [2.05, 4.69) is 6.07 Å². The maximum Gasteiger partial charge on any atom is 0.248 e. The minimum atomic E-state index is -2.54. The third-order valence-electron chi connectivity index (χ3n) is 3.41. The van der Waals surface area contributed by atoms with Gasteiger partial charge in [-0.15, -0.1) is 0 Å². The van der Waals surface area contributed by atoms with Crippen LogP contribution in [0.3, 0.4) is 0 Å². The molecule has 78 valence electrons. The van der Waals surface area contributed by atoms with Gasteiger partial charge in [-0.25, -0.2) is 8.78 Å². The molecule has 0 aromatic rings. The molecule has 0 radical (unpaired) electrons. The highest BCUT2D eigenvalue weighted by molar-refractivity contribution is 5.06. The summed E-state index contributed by atoms with van der Waals surface area (Å²) < 4.78 is 31.4. The number of alkyl halides is 2. The van der Waals surface area contributed by atoms with Gasteiger partial charge >= 0.3 is 0 Å². The molecule has 2 aliphatic rings. The van der Waals surface area contributed by atoms with E-state index in [1.165, 1.54) is 0 Å². The van der Waals surface area contributed by atoms with Crippen molar-refractivity contribution in [2.75, 3.05) is 6.61 Å². The second-order valence-corrected chi connectivity index (χ2v) is 4.24. The number of halogens is 2. The Balaban J connectivity index is 2.09. The summed E-state index contributed by atoms with van der Waals surface area (Å²) in [6.45, 7) is 0.545. The van der Waals surface area contributed by atoms with Crippen LogP contribution in [0.5, 0.6) is 0 Å². The average molecular weight is 201 g/mol. The molecule has 0 amide bonds. The van der Waals surface area contributed by atoms with Crippen LogP contribution in [0.2, 0.25) is 0 Å². The van der Waals surface area contributed by atoms with Crippen LogP contribution in [-0.2, 0) is 4.74 Å². The summed E-state index contributed by atoms with van der Waals surface area (Å²) in [6.07, 6.45) is 1.09. The zero-order valence-electron chi connectivity index (χ0n) is 7.93. The van der Waals surface area contributed by atoms with Crippen molar-refractivity contribution in [1.82, 2.24) is 0 Å². The Morgan fingerprint density at radius 3 is 2.43 bits per heavy atom. The molecule has 2 fully saturated rings. The summed E-state index contributed by atoms with van der Waals surface area (Å²) in [5.74, 6) is -2.73. The van der Waals surface area contributed by atoms with E-state index >= 15 is 0 Å². The molecule has 2 nitrogen and oxygen atoms in total. The molecule has 1 atom stereocenters. The van der Waals surface area contributed by atoms with Gasteiger partial charge < -0.3 is 4.74 Å². The predicted octanol–water partition coefficient (Wildman–Crippen LogP) is 2.49. The Kier molecular flexibility index (Phi) is 2.23. The Morgan fingerprint density at radius 2 is 1.86 bits per heavy atom. The highest BCUT2D eigenvalue weighted by Crippen LogP contribution is 2.47. The van der Waals surface area contributed by atoms with Crippen LogP contribution in [0, 0.1) is 17.2 Å². The lowest BCUT2D eigenvalue weighted by atomic mass is 9.75. The van der Waals surface area contributed by atoms with Crippen molar-refractivity contribution >= 4 is 0 Å². The molecule has 0 aromatic carbocycles. The minimum Gasteiger partial charge on any atom is -0.374 e. The van der Waals surface area contributed by atoms with Crippen molar-refractivity contribution in [2.24, 2.45) is 5.92 Å². The van der Waals surface area contributed by atoms with Gasteiger partial charge in [-0.05, 0) is 19.3 Å². The van der Waals surface area contributed by atoms with Crippen LogP contribution in [0.1, 0.15) is 32.1 Å². The van der Waals surface area contributed by atoms with Crippen molar-refractivity contribution in [3.8, 4) is 6.07 Å². The van der Waals surface area contributed by atoms with Crippen LogP contribution in [0.4, 0.5) is 8.78 Å². The fourth-order valence-corrected chi connectivity index (χ4v) is 2.46. The van der Waals surface area contributed by atoms with E-state index in [1.807, 2.05) is 0 Å².